The van der Waals surface area contributed by atoms with Crippen LogP contribution in [0.2, 0.25) is 0 Å². The maximum Gasteiger partial charge on any atom is 0.306 e. The Hall–Kier alpha value is -3.83. The Morgan fingerprint density at radius 3 is 2.49 bits per heavy atom. The van der Waals surface area contributed by atoms with Crippen molar-refractivity contribution in [3.8, 4) is 11.5 Å². The molecule has 0 saturated carbocycles. The molecule has 4 aromatic carbocycles. The van der Waals surface area contributed by atoms with E-state index >= 15 is 0 Å². The van der Waals surface area contributed by atoms with Crippen LogP contribution in [0.3, 0.4) is 0 Å². The van der Waals surface area contributed by atoms with Gasteiger partial charge in [-0.2, -0.15) is 0 Å². The maximum absolute atomic E-state index is 10.6. The number of aliphatic carboxylic acids is 1. The number of aliphatic hydroxyl groups is 1. The van der Waals surface area contributed by atoms with E-state index in [4.69, 9.17) is 14.6 Å². The van der Waals surface area contributed by atoms with Crippen molar-refractivity contribution in [2.24, 2.45) is 0 Å². The molecule has 1 unspecified atom stereocenters. The van der Waals surface area contributed by atoms with Gasteiger partial charge in [0.25, 0.3) is 0 Å². The lowest BCUT2D eigenvalue weighted by molar-refractivity contribution is -0.140. The zero-order valence-electron chi connectivity index (χ0n) is 21.3. The number of hydrogen-bond donors (Lipinski definition) is 2. The van der Waals surface area contributed by atoms with Crippen molar-refractivity contribution < 1.29 is 24.5 Å². The summed E-state index contributed by atoms with van der Waals surface area (Å²) < 4.78 is 11.1. The lowest BCUT2D eigenvalue weighted by Crippen LogP contribution is -2.33. The van der Waals surface area contributed by atoms with Gasteiger partial charge in [-0.15, -0.1) is 0 Å². The highest BCUT2D eigenvalue weighted by molar-refractivity contribution is 6.12. The molecule has 0 radical (unpaired) electrons. The van der Waals surface area contributed by atoms with E-state index in [1.165, 1.54) is 51.9 Å². The SMILES string of the molecule is COc1ccc2c(c1)cc(OC)c1c3c(ccc12)CCCC3.O=C(O)CC1(O)C=Cc2ccccc2C1. The van der Waals surface area contributed by atoms with Crippen LogP contribution in [0.1, 0.15) is 41.5 Å². The first-order valence-corrected chi connectivity index (χ1v) is 12.7. The minimum absolute atomic E-state index is 0.252. The van der Waals surface area contributed by atoms with Crippen molar-refractivity contribution in [2.45, 2.75) is 44.1 Å². The third-order valence-electron chi connectivity index (χ3n) is 7.42. The molecule has 2 aliphatic rings. The average Bonchev–Trinajstić information content (AvgIpc) is 2.91. The van der Waals surface area contributed by atoms with Gasteiger partial charge in [-0.25, -0.2) is 0 Å². The summed E-state index contributed by atoms with van der Waals surface area (Å²) in [5.74, 6) is 0.878. The van der Waals surface area contributed by atoms with Crippen LogP contribution in [0.15, 0.2) is 66.7 Å². The number of hydrogen-bond acceptors (Lipinski definition) is 4. The first-order valence-electron chi connectivity index (χ1n) is 12.7. The Bertz CT molecular complexity index is 1500. The summed E-state index contributed by atoms with van der Waals surface area (Å²) in [6, 6.07) is 20.7. The van der Waals surface area contributed by atoms with Gasteiger partial charge in [0.15, 0.2) is 0 Å². The molecule has 0 bridgehead atoms. The molecule has 37 heavy (non-hydrogen) atoms. The standard InChI is InChI=1S/C20H20O2.C12H12O3/c1-21-15-8-10-16-14(11-15)12-19(22-2)20-17-6-4-3-5-13(17)7-9-18(16)20;13-11(14)8-12(15)6-5-9-3-1-2-4-10(9)7-12/h7-12H,3-6H2,1-2H3;1-6,15H,7-8H2,(H,13,14). The highest BCUT2D eigenvalue weighted by Crippen LogP contribution is 2.40. The third-order valence-corrected chi connectivity index (χ3v) is 7.42. The predicted molar refractivity (Wildman–Crippen MR) is 148 cm³/mol. The summed E-state index contributed by atoms with van der Waals surface area (Å²) in [4.78, 5) is 10.6. The number of benzene rings is 4. The lowest BCUT2D eigenvalue weighted by atomic mass is 9.84. The molecule has 5 heteroatoms. The van der Waals surface area contributed by atoms with E-state index in [-0.39, 0.29) is 6.42 Å². The number of ether oxygens (including phenoxy) is 2. The predicted octanol–water partition coefficient (Wildman–Crippen LogP) is 6.35. The Labute approximate surface area is 217 Å². The van der Waals surface area contributed by atoms with Crippen LogP contribution in [-0.4, -0.2) is 36.0 Å². The number of aryl methyl sites for hydroxylation is 2. The summed E-state index contributed by atoms with van der Waals surface area (Å²) in [5.41, 5.74) is 3.78. The van der Waals surface area contributed by atoms with Gasteiger partial charge in [0.1, 0.15) is 11.5 Å². The van der Waals surface area contributed by atoms with Crippen LogP contribution in [0.25, 0.3) is 27.6 Å². The van der Waals surface area contributed by atoms with Gasteiger partial charge < -0.3 is 19.7 Å². The number of methoxy groups -OCH3 is 2. The van der Waals surface area contributed by atoms with Gasteiger partial charge in [0, 0.05) is 11.8 Å². The quantitative estimate of drug-likeness (QED) is 0.322. The van der Waals surface area contributed by atoms with E-state index < -0.39 is 11.6 Å². The molecule has 0 amide bonds. The molecule has 5 nitrogen and oxygen atoms in total. The fourth-order valence-electron chi connectivity index (χ4n) is 5.62. The van der Waals surface area contributed by atoms with Gasteiger partial charge in [0.05, 0.1) is 26.2 Å². The molecular formula is C32H32O5. The van der Waals surface area contributed by atoms with E-state index in [0.29, 0.717) is 6.42 Å². The van der Waals surface area contributed by atoms with Crippen molar-refractivity contribution in [1.82, 2.24) is 0 Å². The molecule has 4 aromatic rings. The summed E-state index contributed by atoms with van der Waals surface area (Å²) >= 11 is 0. The molecule has 0 heterocycles. The molecule has 6 rings (SSSR count). The van der Waals surface area contributed by atoms with Crippen LogP contribution in [-0.2, 0) is 24.1 Å². The van der Waals surface area contributed by atoms with Crippen molar-refractivity contribution in [1.29, 1.82) is 0 Å². The van der Waals surface area contributed by atoms with Crippen LogP contribution in [0.5, 0.6) is 11.5 Å². The fraction of sp³-hybridized carbons (Fsp3) is 0.281. The fourth-order valence-corrected chi connectivity index (χ4v) is 5.62. The Kier molecular flexibility index (Phi) is 6.90. The molecule has 0 spiro atoms. The molecule has 2 N–H and O–H groups in total. The minimum atomic E-state index is -1.24. The number of carboxylic acids is 1. The largest absolute Gasteiger partial charge is 0.497 e. The second kappa shape index (κ2) is 10.3. The van der Waals surface area contributed by atoms with Crippen LogP contribution in [0, 0.1) is 0 Å². The smallest absolute Gasteiger partial charge is 0.306 e. The molecular weight excluding hydrogens is 464 g/mol. The van der Waals surface area contributed by atoms with Crippen LogP contribution >= 0.6 is 0 Å². The van der Waals surface area contributed by atoms with Gasteiger partial charge >= 0.3 is 5.97 Å². The first-order chi connectivity index (χ1) is 17.9. The second-order valence-electron chi connectivity index (χ2n) is 9.88. The van der Waals surface area contributed by atoms with Crippen LogP contribution < -0.4 is 9.47 Å². The summed E-state index contributed by atoms with van der Waals surface area (Å²) in [6.45, 7) is 0. The third kappa shape index (κ3) is 5.05. The van der Waals surface area contributed by atoms with Gasteiger partial charge in [-0.3, -0.25) is 4.79 Å². The Morgan fingerprint density at radius 1 is 0.919 bits per heavy atom. The zero-order chi connectivity index (χ0) is 26.0. The van der Waals surface area contributed by atoms with Gasteiger partial charge in [-0.05, 0) is 82.3 Å². The summed E-state index contributed by atoms with van der Waals surface area (Å²) in [7, 11) is 3.47. The normalized spacial score (nSPS) is 17.9. The zero-order valence-corrected chi connectivity index (χ0v) is 21.3. The molecule has 190 valence electrons. The van der Waals surface area contributed by atoms with E-state index in [1.54, 1.807) is 26.4 Å². The first kappa shape index (κ1) is 24.8. The molecule has 0 aliphatic heterocycles. The minimum Gasteiger partial charge on any atom is -0.497 e. The van der Waals surface area contributed by atoms with Gasteiger partial charge in [0.2, 0.25) is 0 Å². The number of fused-ring (bicyclic) bond motifs is 6. The molecule has 2 aliphatic carbocycles. The van der Waals surface area contributed by atoms with Crippen molar-refractivity contribution in [3.63, 3.8) is 0 Å². The Balaban J connectivity index is 0.000000164. The van der Waals surface area contributed by atoms with Crippen LogP contribution in [0.4, 0.5) is 0 Å². The highest BCUT2D eigenvalue weighted by atomic mass is 16.5. The van der Waals surface area contributed by atoms with E-state index in [0.717, 1.165) is 29.0 Å². The van der Waals surface area contributed by atoms with Crippen molar-refractivity contribution >= 4 is 33.6 Å². The van der Waals surface area contributed by atoms with Crippen molar-refractivity contribution in [3.05, 3.63) is 89.0 Å². The topological polar surface area (TPSA) is 76.0 Å². The second-order valence-corrected chi connectivity index (χ2v) is 9.88. The monoisotopic (exact) mass is 496 g/mol. The van der Waals surface area contributed by atoms with E-state index in [1.807, 2.05) is 30.3 Å². The summed E-state index contributed by atoms with van der Waals surface area (Å²) in [6.07, 6.45) is 8.39. The molecule has 0 aromatic heterocycles. The molecule has 1 atom stereocenters. The Morgan fingerprint density at radius 2 is 1.70 bits per heavy atom. The van der Waals surface area contributed by atoms with E-state index in [9.17, 15) is 9.90 Å². The number of carboxylic acid groups (broad SMARTS) is 1. The molecule has 0 fully saturated rings. The van der Waals surface area contributed by atoms with Crippen molar-refractivity contribution in [2.75, 3.05) is 14.2 Å². The number of carbonyl (C=O) groups is 1. The van der Waals surface area contributed by atoms with E-state index in [2.05, 4.69) is 30.3 Å². The lowest BCUT2D eigenvalue weighted by Gasteiger charge is -2.27. The maximum atomic E-state index is 10.6. The summed E-state index contributed by atoms with van der Waals surface area (Å²) in [5, 5.41) is 23.7. The molecule has 0 saturated heterocycles. The van der Waals surface area contributed by atoms with Gasteiger partial charge in [-0.1, -0.05) is 54.6 Å². The number of rotatable bonds is 4. The highest BCUT2D eigenvalue weighted by Gasteiger charge is 2.30. The average molecular weight is 497 g/mol.